The number of morpholine rings is 1. The molecule has 0 unspecified atom stereocenters. The lowest BCUT2D eigenvalue weighted by molar-refractivity contribution is 0.0341. The van der Waals surface area contributed by atoms with E-state index in [2.05, 4.69) is 23.7 Å². The minimum atomic E-state index is 0.866. The van der Waals surface area contributed by atoms with Crippen molar-refractivity contribution in [3.05, 3.63) is 15.6 Å². The highest BCUT2D eigenvalue weighted by Gasteiger charge is 2.13. The molecule has 1 saturated heterocycles. The van der Waals surface area contributed by atoms with Crippen molar-refractivity contribution in [3.8, 4) is 0 Å². The number of hydrogen-bond acceptors (Lipinski definition) is 4. The van der Waals surface area contributed by atoms with Crippen LogP contribution < -0.4 is 0 Å². The first-order valence-electron chi connectivity index (χ1n) is 5.55. The molecule has 4 heteroatoms. The Hall–Kier alpha value is -0.450. The summed E-state index contributed by atoms with van der Waals surface area (Å²) in [5.74, 6) is 0. The van der Waals surface area contributed by atoms with E-state index < -0.39 is 0 Å². The zero-order valence-electron chi connectivity index (χ0n) is 9.45. The average molecular weight is 226 g/mol. The van der Waals surface area contributed by atoms with Crippen molar-refractivity contribution in [2.45, 2.75) is 26.8 Å². The van der Waals surface area contributed by atoms with Gasteiger partial charge in [-0.2, -0.15) is 0 Å². The Kier molecular flexibility index (Phi) is 3.72. The van der Waals surface area contributed by atoms with Gasteiger partial charge in [0, 0.05) is 18.0 Å². The van der Waals surface area contributed by atoms with Crippen molar-refractivity contribution in [1.82, 2.24) is 9.88 Å². The largest absolute Gasteiger partial charge is 0.379 e. The number of rotatable bonds is 3. The molecule has 15 heavy (non-hydrogen) atoms. The van der Waals surface area contributed by atoms with E-state index in [1.807, 2.05) is 11.3 Å². The first-order chi connectivity index (χ1) is 7.29. The Labute approximate surface area is 95.1 Å². The van der Waals surface area contributed by atoms with Crippen LogP contribution in [0.25, 0.3) is 0 Å². The predicted molar refractivity (Wildman–Crippen MR) is 62.3 cm³/mol. The molecular weight excluding hydrogens is 208 g/mol. The number of nitrogens with zero attached hydrogens (tertiary/aromatic N) is 2. The molecule has 84 valence electrons. The van der Waals surface area contributed by atoms with Crippen LogP contribution in [0.4, 0.5) is 0 Å². The highest BCUT2D eigenvalue weighted by molar-refractivity contribution is 7.11. The lowest BCUT2D eigenvalue weighted by Crippen LogP contribution is -2.35. The summed E-state index contributed by atoms with van der Waals surface area (Å²) in [5.41, 5.74) is 1.27. The second-order valence-electron chi connectivity index (χ2n) is 3.85. The van der Waals surface area contributed by atoms with Gasteiger partial charge in [0.2, 0.25) is 0 Å². The third-order valence-corrected chi connectivity index (χ3v) is 3.73. The smallest absolute Gasteiger partial charge is 0.107 e. The zero-order chi connectivity index (χ0) is 10.7. The molecule has 2 heterocycles. The predicted octanol–water partition coefficient (Wildman–Crippen LogP) is 1.85. The first-order valence-corrected chi connectivity index (χ1v) is 6.36. The molecule has 1 aliphatic rings. The molecule has 1 aromatic rings. The molecule has 0 spiro atoms. The summed E-state index contributed by atoms with van der Waals surface area (Å²) < 4.78 is 5.33. The summed E-state index contributed by atoms with van der Waals surface area (Å²) in [6.45, 7) is 9.14. The Morgan fingerprint density at radius 1 is 1.40 bits per heavy atom. The fourth-order valence-corrected chi connectivity index (χ4v) is 2.90. The summed E-state index contributed by atoms with van der Waals surface area (Å²) in [5, 5.41) is 1.26. The number of aryl methyl sites for hydroxylation is 2. The molecule has 0 N–H and O–H groups in total. The van der Waals surface area contributed by atoms with Gasteiger partial charge in [0.15, 0.2) is 0 Å². The van der Waals surface area contributed by atoms with Gasteiger partial charge < -0.3 is 4.74 Å². The van der Waals surface area contributed by atoms with Crippen LogP contribution in [0, 0.1) is 6.92 Å². The van der Waals surface area contributed by atoms with E-state index in [0.717, 1.165) is 39.3 Å². The lowest BCUT2D eigenvalue weighted by Gasteiger charge is -2.25. The fourth-order valence-electron chi connectivity index (χ4n) is 1.83. The molecule has 0 aliphatic carbocycles. The number of ether oxygens (including phenoxy) is 1. The molecule has 0 atom stereocenters. The summed E-state index contributed by atoms with van der Waals surface area (Å²) in [6, 6.07) is 0. The molecule has 0 radical (unpaired) electrons. The topological polar surface area (TPSA) is 25.4 Å². The minimum Gasteiger partial charge on any atom is -0.379 e. The van der Waals surface area contributed by atoms with Crippen LogP contribution in [0.3, 0.4) is 0 Å². The highest BCUT2D eigenvalue weighted by atomic mass is 32.1. The maximum Gasteiger partial charge on any atom is 0.107 e. The van der Waals surface area contributed by atoms with E-state index >= 15 is 0 Å². The SMILES string of the molecule is CCc1nc(CN2CCOCC2)sc1C. The minimum absolute atomic E-state index is 0.866. The fraction of sp³-hybridized carbons (Fsp3) is 0.727. The summed E-state index contributed by atoms with van der Waals surface area (Å²) >= 11 is 1.84. The Bertz CT molecular complexity index is 318. The van der Waals surface area contributed by atoms with Gasteiger partial charge in [-0.05, 0) is 13.3 Å². The Morgan fingerprint density at radius 3 is 2.73 bits per heavy atom. The molecule has 0 aromatic carbocycles. The summed E-state index contributed by atoms with van der Waals surface area (Å²) in [4.78, 5) is 8.45. The van der Waals surface area contributed by atoms with Crippen LogP contribution >= 0.6 is 11.3 Å². The van der Waals surface area contributed by atoms with Crippen LogP contribution in [0.15, 0.2) is 0 Å². The van der Waals surface area contributed by atoms with Gasteiger partial charge in [-0.25, -0.2) is 4.98 Å². The molecule has 3 nitrogen and oxygen atoms in total. The van der Waals surface area contributed by atoms with E-state index in [0.29, 0.717) is 0 Å². The van der Waals surface area contributed by atoms with Crippen molar-refractivity contribution in [3.63, 3.8) is 0 Å². The molecule has 1 fully saturated rings. The first kappa shape index (κ1) is 11.0. The van der Waals surface area contributed by atoms with E-state index in [1.54, 1.807) is 0 Å². The lowest BCUT2D eigenvalue weighted by atomic mass is 10.3. The van der Waals surface area contributed by atoms with E-state index in [9.17, 15) is 0 Å². The van der Waals surface area contributed by atoms with Crippen molar-refractivity contribution in [1.29, 1.82) is 0 Å². The molecule has 0 saturated carbocycles. The zero-order valence-corrected chi connectivity index (χ0v) is 10.3. The average Bonchev–Trinajstić information content (AvgIpc) is 2.60. The normalized spacial score (nSPS) is 18.3. The number of aromatic nitrogens is 1. The monoisotopic (exact) mass is 226 g/mol. The molecule has 0 bridgehead atoms. The van der Waals surface area contributed by atoms with Crippen LogP contribution in [0.2, 0.25) is 0 Å². The maximum atomic E-state index is 5.33. The van der Waals surface area contributed by atoms with Crippen molar-refractivity contribution >= 4 is 11.3 Å². The van der Waals surface area contributed by atoms with Crippen LogP contribution in [-0.2, 0) is 17.7 Å². The molecule has 1 aliphatic heterocycles. The molecular formula is C11H18N2OS. The third kappa shape index (κ3) is 2.77. The second kappa shape index (κ2) is 5.05. The van der Waals surface area contributed by atoms with Crippen molar-refractivity contribution in [2.24, 2.45) is 0 Å². The second-order valence-corrected chi connectivity index (χ2v) is 5.14. The van der Waals surface area contributed by atoms with E-state index in [-0.39, 0.29) is 0 Å². The molecule has 1 aromatic heterocycles. The highest BCUT2D eigenvalue weighted by Crippen LogP contribution is 2.19. The van der Waals surface area contributed by atoms with Gasteiger partial charge in [-0.1, -0.05) is 6.92 Å². The van der Waals surface area contributed by atoms with Gasteiger partial charge in [0.05, 0.1) is 25.5 Å². The maximum absolute atomic E-state index is 5.33. The third-order valence-electron chi connectivity index (χ3n) is 2.73. The van der Waals surface area contributed by atoms with Crippen molar-refractivity contribution < 1.29 is 4.74 Å². The van der Waals surface area contributed by atoms with E-state index in [4.69, 9.17) is 4.74 Å². The standard InChI is InChI=1S/C11H18N2OS/c1-3-10-9(2)15-11(12-10)8-13-4-6-14-7-5-13/h3-8H2,1-2H3. The van der Waals surface area contributed by atoms with Gasteiger partial charge in [0.1, 0.15) is 5.01 Å². The Balaban J connectivity index is 1.97. The number of hydrogen-bond donors (Lipinski definition) is 0. The van der Waals surface area contributed by atoms with Crippen molar-refractivity contribution in [2.75, 3.05) is 26.3 Å². The molecule has 2 rings (SSSR count). The van der Waals surface area contributed by atoms with Crippen LogP contribution in [-0.4, -0.2) is 36.2 Å². The van der Waals surface area contributed by atoms with Gasteiger partial charge in [0.25, 0.3) is 0 Å². The summed E-state index contributed by atoms with van der Waals surface area (Å²) in [7, 11) is 0. The summed E-state index contributed by atoms with van der Waals surface area (Å²) in [6.07, 6.45) is 1.05. The number of thiazole rings is 1. The van der Waals surface area contributed by atoms with Crippen LogP contribution in [0.5, 0.6) is 0 Å². The quantitative estimate of drug-likeness (QED) is 0.786. The Morgan fingerprint density at radius 2 is 2.13 bits per heavy atom. The van der Waals surface area contributed by atoms with Crippen LogP contribution in [0.1, 0.15) is 22.5 Å². The van der Waals surface area contributed by atoms with Gasteiger partial charge >= 0.3 is 0 Å². The van der Waals surface area contributed by atoms with Gasteiger partial charge in [-0.3, -0.25) is 4.90 Å². The van der Waals surface area contributed by atoms with E-state index in [1.165, 1.54) is 15.6 Å². The van der Waals surface area contributed by atoms with Gasteiger partial charge in [-0.15, -0.1) is 11.3 Å². The molecule has 0 amide bonds.